The summed E-state index contributed by atoms with van der Waals surface area (Å²) < 4.78 is 2.05. The maximum Gasteiger partial charge on any atom is 0.0536 e. The minimum atomic E-state index is 0.719. The number of nitrogens with zero attached hydrogens (tertiary/aromatic N) is 3. The predicted molar refractivity (Wildman–Crippen MR) is 72.5 cm³/mol. The van der Waals surface area contributed by atoms with Crippen LogP contribution in [-0.2, 0) is 6.54 Å². The lowest BCUT2D eigenvalue weighted by Crippen LogP contribution is -2.45. The summed E-state index contributed by atoms with van der Waals surface area (Å²) in [5.74, 6) is 0. The molecule has 1 saturated heterocycles. The number of nitrogens with one attached hydrogen (secondary N) is 1. The molecule has 2 heterocycles. The number of rotatable bonds is 6. The first-order valence-electron chi connectivity index (χ1n) is 7.37. The van der Waals surface area contributed by atoms with E-state index < -0.39 is 0 Å². The van der Waals surface area contributed by atoms with Crippen molar-refractivity contribution in [3.05, 3.63) is 18.5 Å². The van der Waals surface area contributed by atoms with E-state index in [1.165, 1.54) is 45.2 Å². The molecule has 4 heteroatoms. The zero-order valence-corrected chi connectivity index (χ0v) is 11.1. The van der Waals surface area contributed by atoms with Gasteiger partial charge in [-0.1, -0.05) is 6.42 Å². The lowest BCUT2D eigenvalue weighted by atomic mass is 10.0. The molecule has 2 aliphatic rings. The molecule has 2 fully saturated rings. The minimum Gasteiger partial charge on any atom is -0.313 e. The fraction of sp³-hybridized carbons (Fsp3) is 0.786. The lowest BCUT2D eigenvalue weighted by Gasteiger charge is -2.30. The van der Waals surface area contributed by atoms with Crippen LogP contribution >= 0.6 is 0 Å². The van der Waals surface area contributed by atoms with Crippen molar-refractivity contribution < 1.29 is 0 Å². The van der Waals surface area contributed by atoms with Gasteiger partial charge in [-0.25, -0.2) is 0 Å². The topological polar surface area (TPSA) is 33.1 Å². The summed E-state index contributed by atoms with van der Waals surface area (Å²) in [6, 6.07) is 3.57. The van der Waals surface area contributed by atoms with Gasteiger partial charge >= 0.3 is 0 Å². The molecular formula is C14H24N4. The van der Waals surface area contributed by atoms with E-state index in [0.29, 0.717) is 0 Å². The second-order valence-corrected chi connectivity index (χ2v) is 5.64. The Morgan fingerprint density at radius 1 is 1.28 bits per heavy atom. The number of piperidine rings is 1. The van der Waals surface area contributed by atoms with Crippen LogP contribution in [0.4, 0.5) is 0 Å². The first-order chi connectivity index (χ1) is 8.92. The van der Waals surface area contributed by atoms with E-state index in [1.807, 2.05) is 16.9 Å². The SMILES string of the molecule is c1cnn(CCN(CC2CCCCN2)C2CC2)c1. The Morgan fingerprint density at radius 3 is 2.89 bits per heavy atom. The molecule has 0 bridgehead atoms. The fourth-order valence-electron chi connectivity index (χ4n) is 2.89. The molecule has 0 spiro atoms. The highest BCUT2D eigenvalue weighted by Gasteiger charge is 2.30. The molecule has 1 aromatic rings. The van der Waals surface area contributed by atoms with E-state index in [2.05, 4.69) is 21.5 Å². The normalized spacial score (nSPS) is 24.6. The van der Waals surface area contributed by atoms with E-state index in [4.69, 9.17) is 0 Å². The van der Waals surface area contributed by atoms with Crippen LogP contribution in [-0.4, -0.2) is 46.4 Å². The molecule has 18 heavy (non-hydrogen) atoms. The van der Waals surface area contributed by atoms with Crippen molar-refractivity contribution >= 4 is 0 Å². The molecule has 1 unspecified atom stereocenters. The molecule has 1 aliphatic carbocycles. The molecule has 1 saturated carbocycles. The summed E-state index contributed by atoms with van der Waals surface area (Å²) in [6.45, 7) is 4.61. The molecule has 0 radical (unpaired) electrons. The second-order valence-electron chi connectivity index (χ2n) is 5.64. The lowest BCUT2D eigenvalue weighted by molar-refractivity contribution is 0.206. The molecule has 0 aromatic carbocycles. The van der Waals surface area contributed by atoms with E-state index >= 15 is 0 Å². The smallest absolute Gasteiger partial charge is 0.0536 e. The van der Waals surface area contributed by atoms with Gasteiger partial charge in [0, 0.05) is 37.6 Å². The predicted octanol–water partition coefficient (Wildman–Crippen LogP) is 1.49. The van der Waals surface area contributed by atoms with Gasteiger partial charge in [0.2, 0.25) is 0 Å². The monoisotopic (exact) mass is 248 g/mol. The van der Waals surface area contributed by atoms with Gasteiger partial charge in [0.1, 0.15) is 0 Å². The molecule has 4 nitrogen and oxygen atoms in total. The van der Waals surface area contributed by atoms with Crippen LogP contribution in [0.25, 0.3) is 0 Å². The standard InChI is InChI=1S/C14H24N4/c1-2-7-15-13(4-1)12-17(14-5-6-14)10-11-18-9-3-8-16-18/h3,8-9,13-15H,1-2,4-7,10-12H2. The highest BCUT2D eigenvalue weighted by Crippen LogP contribution is 2.27. The van der Waals surface area contributed by atoms with Gasteiger partial charge < -0.3 is 5.32 Å². The zero-order chi connectivity index (χ0) is 12.2. The second kappa shape index (κ2) is 5.85. The molecule has 100 valence electrons. The molecular weight excluding hydrogens is 224 g/mol. The van der Waals surface area contributed by atoms with E-state index in [9.17, 15) is 0 Å². The van der Waals surface area contributed by atoms with Crippen molar-refractivity contribution in [3.8, 4) is 0 Å². The van der Waals surface area contributed by atoms with Gasteiger partial charge in [0.15, 0.2) is 0 Å². The Kier molecular flexibility index (Phi) is 3.96. The molecule has 1 aliphatic heterocycles. The summed E-state index contributed by atoms with van der Waals surface area (Å²) in [5.41, 5.74) is 0. The van der Waals surface area contributed by atoms with Gasteiger partial charge in [-0.05, 0) is 38.3 Å². The maximum atomic E-state index is 4.29. The number of hydrogen-bond donors (Lipinski definition) is 1. The minimum absolute atomic E-state index is 0.719. The van der Waals surface area contributed by atoms with E-state index in [0.717, 1.165) is 25.2 Å². The van der Waals surface area contributed by atoms with E-state index in [1.54, 1.807) is 0 Å². The van der Waals surface area contributed by atoms with Crippen LogP contribution in [0.15, 0.2) is 18.5 Å². The van der Waals surface area contributed by atoms with Crippen LogP contribution in [0.5, 0.6) is 0 Å². The molecule has 1 atom stereocenters. The van der Waals surface area contributed by atoms with Crippen LogP contribution < -0.4 is 5.32 Å². The highest BCUT2D eigenvalue weighted by atomic mass is 15.3. The summed E-state index contributed by atoms with van der Waals surface area (Å²) in [6.07, 6.45) is 10.8. The summed E-state index contributed by atoms with van der Waals surface area (Å²) in [5, 5.41) is 7.95. The van der Waals surface area contributed by atoms with Gasteiger partial charge in [-0.3, -0.25) is 9.58 Å². The molecule has 3 rings (SSSR count). The largest absolute Gasteiger partial charge is 0.313 e. The Morgan fingerprint density at radius 2 is 2.22 bits per heavy atom. The quantitative estimate of drug-likeness (QED) is 0.828. The number of hydrogen-bond acceptors (Lipinski definition) is 3. The average molecular weight is 248 g/mol. The van der Waals surface area contributed by atoms with Gasteiger partial charge in [-0.2, -0.15) is 5.10 Å². The van der Waals surface area contributed by atoms with Crippen molar-refractivity contribution in [2.45, 2.75) is 50.7 Å². The zero-order valence-electron chi connectivity index (χ0n) is 11.1. The van der Waals surface area contributed by atoms with Gasteiger partial charge in [-0.15, -0.1) is 0 Å². The van der Waals surface area contributed by atoms with Crippen molar-refractivity contribution in [2.24, 2.45) is 0 Å². The van der Waals surface area contributed by atoms with Crippen molar-refractivity contribution in [1.82, 2.24) is 20.0 Å². The van der Waals surface area contributed by atoms with E-state index in [-0.39, 0.29) is 0 Å². The van der Waals surface area contributed by atoms with Crippen LogP contribution in [0, 0.1) is 0 Å². The molecule has 0 amide bonds. The van der Waals surface area contributed by atoms with Crippen molar-refractivity contribution in [2.75, 3.05) is 19.6 Å². The average Bonchev–Trinajstić information content (AvgIpc) is 3.12. The van der Waals surface area contributed by atoms with Gasteiger partial charge in [0.25, 0.3) is 0 Å². The Balaban J connectivity index is 1.48. The van der Waals surface area contributed by atoms with Crippen molar-refractivity contribution in [3.63, 3.8) is 0 Å². The van der Waals surface area contributed by atoms with Crippen LogP contribution in [0.2, 0.25) is 0 Å². The maximum absolute atomic E-state index is 4.29. The fourth-order valence-corrected chi connectivity index (χ4v) is 2.89. The first kappa shape index (κ1) is 12.2. The Labute approximate surface area is 109 Å². The summed E-state index contributed by atoms with van der Waals surface area (Å²) in [4.78, 5) is 2.67. The first-order valence-corrected chi connectivity index (χ1v) is 7.37. The number of aromatic nitrogens is 2. The third-order valence-corrected chi connectivity index (χ3v) is 4.11. The van der Waals surface area contributed by atoms with Crippen LogP contribution in [0.3, 0.4) is 0 Å². The molecule has 1 N–H and O–H groups in total. The summed E-state index contributed by atoms with van der Waals surface area (Å²) >= 11 is 0. The van der Waals surface area contributed by atoms with Crippen molar-refractivity contribution in [1.29, 1.82) is 0 Å². The highest BCUT2D eigenvalue weighted by molar-refractivity contribution is 4.88. The van der Waals surface area contributed by atoms with Crippen LogP contribution in [0.1, 0.15) is 32.1 Å². The molecule has 1 aromatic heterocycles. The third kappa shape index (κ3) is 3.33. The van der Waals surface area contributed by atoms with Gasteiger partial charge in [0.05, 0.1) is 6.54 Å². The Hall–Kier alpha value is -0.870. The Bertz CT molecular complexity index is 339. The summed E-state index contributed by atoms with van der Waals surface area (Å²) in [7, 11) is 0. The third-order valence-electron chi connectivity index (χ3n) is 4.11.